The Bertz CT molecular complexity index is 945. The number of carbonyl (C=O) groups is 1. The highest BCUT2D eigenvalue weighted by molar-refractivity contribution is 7.92. The van der Waals surface area contributed by atoms with Crippen molar-refractivity contribution in [1.82, 2.24) is 0 Å². The number of sulfone groups is 1. The number of halogens is 4. The predicted octanol–water partition coefficient (Wildman–Crippen LogP) is 4.21. The van der Waals surface area contributed by atoms with Crippen molar-refractivity contribution in [2.45, 2.75) is 23.2 Å². The van der Waals surface area contributed by atoms with Gasteiger partial charge in [-0.25, -0.2) is 8.42 Å². The molecule has 0 aromatic heterocycles. The van der Waals surface area contributed by atoms with Crippen LogP contribution in [0.2, 0.25) is 5.02 Å². The standard InChI is InChI=1S/C17H15ClF3NO4S/c1-26-15-8-7-12(27(24,25)17(19,20)21)10-14(15)22-16(23)9-6-11-4-2-3-5-13(11)18/h2-5,7-8,10H,6,9H2,1H3,(H,22,23). The van der Waals surface area contributed by atoms with Gasteiger partial charge in [-0.15, -0.1) is 0 Å². The fourth-order valence-corrected chi connectivity index (χ4v) is 3.27. The largest absolute Gasteiger partial charge is 0.501 e. The number of alkyl halides is 3. The number of hydrogen-bond acceptors (Lipinski definition) is 4. The number of carbonyl (C=O) groups excluding carboxylic acids is 1. The Labute approximate surface area is 159 Å². The van der Waals surface area contributed by atoms with E-state index in [2.05, 4.69) is 5.32 Å². The molecule has 2 aromatic carbocycles. The van der Waals surface area contributed by atoms with Crippen LogP contribution in [0.25, 0.3) is 0 Å². The fourth-order valence-electron chi connectivity index (χ4n) is 2.25. The van der Waals surface area contributed by atoms with E-state index in [1.807, 2.05) is 0 Å². The lowest BCUT2D eigenvalue weighted by Crippen LogP contribution is -2.23. The van der Waals surface area contributed by atoms with E-state index in [-0.39, 0.29) is 17.9 Å². The number of benzene rings is 2. The van der Waals surface area contributed by atoms with E-state index in [1.165, 1.54) is 7.11 Å². The zero-order valence-electron chi connectivity index (χ0n) is 14.0. The van der Waals surface area contributed by atoms with E-state index in [9.17, 15) is 26.4 Å². The third-order valence-electron chi connectivity index (χ3n) is 3.64. The maximum Gasteiger partial charge on any atom is 0.501 e. The Morgan fingerprint density at radius 3 is 2.44 bits per heavy atom. The molecule has 0 aliphatic rings. The van der Waals surface area contributed by atoms with Crippen molar-refractivity contribution >= 4 is 33.0 Å². The van der Waals surface area contributed by atoms with Crippen molar-refractivity contribution in [3.05, 3.63) is 53.1 Å². The van der Waals surface area contributed by atoms with Gasteiger partial charge in [-0.2, -0.15) is 13.2 Å². The number of anilines is 1. The molecule has 0 radical (unpaired) electrons. The lowest BCUT2D eigenvalue weighted by Gasteiger charge is -2.13. The maximum absolute atomic E-state index is 12.7. The van der Waals surface area contributed by atoms with E-state index in [1.54, 1.807) is 24.3 Å². The minimum atomic E-state index is -5.54. The van der Waals surface area contributed by atoms with Gasteiger partial charge >= 0.3 is 5.51 Å². The number of ether oxygens (including phenoxy) is 1. The van der Waals surface area contributed by atoms with E-state index >= 15 is 0 Å². The van der Waals surface area contributed by atoms with Gasteiger partial charge in [0.1, 0.15) is 5.75 Å². The molecule has 0 fully saturated rings. The monoisotopic (exact) mass is 421 g/mol. The van der Waals surface area contributed by atoms with E-state index in [4.69, 9.17) is 16.3 Å². The number of methoxy groups -OCH3 is 1. The van der Waals surface area contributed by atoms with Crippen molar-refractivity contribution in [2.75, 3.05) is 12.4 Å². The van der Waals surface area contributed by atoms with Gasteiger partial charge in [-0.05, 0) is 36.2 Å². The average Bonchev–Trinajstić information content (AvgIpc) is 2.60. The molecule has 1 amide bonds. The molecular formula is C17H15ClF3NO4S. The van der Waals surface area contributed by atoms with Crippen LogP contribution in [-0.2, 0) is 21.1 Å². The minimum Gasteiger partial charge on any atom is -0.495 e. The van der Waals surface area contributed by atoms with Crippen molar-refractivity contribution in [3.63, 3.8) is 0 Å². The van der Waals surface area contributed by atoms with Crippen LogP contribution in [0.4, 0.5) is 18.9 Å². The molecule has 0 bridgehead atoms. The van der Waals surface area contributed by atoms with Crippen LogP contribution >= 0.6 is 11.6 Å². The van der Waals surface area contributed by atoms with Gasteiger partial charge < -0.3 is 10.1 Å². The third kappa shape index (κ3) is 4.92. The van der Waals surface area contributed by atoms with Gasteiger partial charge in [0, 0.05) is 11.4 Å². The van der Waals surface area contributed by atoms with Gasteiger partial charge in [-0.1, -0.05) is 29.8 Å². The summed E-state index contributed by atoms with van der Waals surface area (Å²) < 4.78 is 66.2. The van der Waals surface area contributed by atoms with Crippen LogP contribution in [0.5, 0.6) is 5.75 Å². The molecule has 10 heteroatoms. The summed E-state index contributed by atoms with van der Waals surface area (Å²) in [7, 11) is -4.30. The van der Waals surface area contributed by atoms with Crippen LogP contribution < -0.4 is 10.1 Å². The van der Waals surface area contributed by atoms with E-state index in [0.717, 1.165) is 23.8 Å². The van der Waals surface area contributed by atoms with Crippen LogP contribution in [0.3, 0.4) is 0 Å². The molecule has 1 N–H and O–H groups in total. The number of nitrogens with one attached hydrogen (secondary N) is 1. The summed E-state index contributed by atoms with van der Waals surface area (Å²) in [6.07, 6.45) is 0.289. The Kier molecular flexibility index (Phi) is 6.38. The molecule has 0 aliphatic carbocycles. The minimum absolute atomic E-state index is 0.0108. The zero-order valence-corrected chi connectivity index (χ0v) is 15.6. The first-order chi connectivity index (χ1) is 12.6. The normalized spacial score (nSPS) is 11.9. The highest BCUT2D eigenvalue weighted by Gasteiger charge is 2.47. The third-order valence-corrected chi connectivity index (χ3v) is 5.49. The summed E-state index contributed by atoms with van der Waals surface area (Å²) in [5.41, 5.74) is -4.89. The van der Waals surface area contributed by atoms with Gasteiger partial charge in [0.2, 0.25) is 5.91 Å². The van der Waals surface area contributed by atoms with Gasteiger partial charge in [0.25, 0.3) is 9.84 Å². The number of rotatable bonds is 6. The Balaban J connectivity index is 2.20. The Hall–Kier alpha value is -2.26. The van der Waals surface area contributed by atoms with Crippen LogP contribution in [-0.4, -0.2) is 26.9 Å². The lowest BCUT2D eigenvalue weighted by atomic mass is 10.1. The molecule has 0 atom stereocenters. The lowest BCUT2D eigenvalue weighted by molar-refractivity contribution is -0.116. The number of amides is 1. The molecule has 5 nitrogen and oxygen atoms in total. The summed E-state index contributed by atoms with van der Waals surface area (Å²) in [5, 5.41) is 2.86. The van der Waals surface area contributed by atoms with Gasteiger partial charge in [0.15, 0.2) is 0 Å². The number of aryl methyl sites for hydroxylation is 1. The molecule has 146 valence electrons. The second-order valence-electron chi connectivity index (χ2n) is 5.45. The summed E-state index contributed by atoms with van der Waals surface area (Å²) in [6.45, 7) is 0. The summed E-state index contributed by atoms with van der Waals surface area (Å²) in [5.74, 6) is -0.503. The van der Waals surface area contributed by atoms with Crippen molar-refractivity contribution in [2.24, 2.45) is 0 Å². The fraction of sp³-hybridized carbons (Fsp3) is 0.235. The summed E-state index contributed by atoms with van der Waals surface area (Å²) >= 11 is 6.00. The molecule has 27 heavy (non-hydrogen) atoms. The SMILES string of the molecule is COc1ccc(S(=O)(=O)C(F)(F)F)cc1NC(=O)CCc1ccccc1Cl. The average molecular weight is 422 g/mol. The maximum atomic E-state index is 12.7. The van der Waals surface area contributed by atoms with Crippen molar-refractivity contribution in [3.8, 4) is 5.75 Å². The first-order valence-corrected chi connectivity index (χ1v) is 9.45. The summed E-state index contributed by atoms with van der Waals surface area (Å²) in [4.78, 5) is 11.2. The van der Waals surface area contributed by atoms with E-state index in [0.29, 0.717) is 11.4 Å². The quantitative estimate of drug-likeness (QED) is 0.758. The molecular weight excluding hydrogens is 407 g/mol. The second kappa shape index (κ2) is 8.18. The molecule has 0 heterocycles. The van der Waals surface area contributed by atoms with Crippen LogP contribution in [0, 0.1) is 0 Å². The van der Waals surface area contributed by atoms with E-state index < -0.39 is 26.1 Å². The zero-order chi connectivity index (χ0) is 20.2. The van der Waals surface area contributed by atoms with Gasteiger partial charge in [0.05, 0.1) is 17.7 Å². The molecule has 0 aliphatic heterocycles. The Morgan fingerprint density at radius 2 is 1.85 bits per heavy atom. The number of hydrogen-bond donors (Lipinski definition) is 1. The topological polar surface area (TPSA) is 72.5 Å². The van der Waals surface area contributed by atoms with Crippen molar-refractivity contribution < 1.29 is 31.1 Å². The molecule has 2 rings (SSSR count). The van der Waals surface area contributed by atoms with Crippen molar-refractivity contribution in [1.29, 1.82) is 0 Å². The molecule has 0 saturated carbocycles. The smallest absolute Gasteiger partial charge is 0.495 e. The summed E-state index contributed by atoms with van der Waals surface area (Å²) in [6, 6.07) is 9.44. The second-order valence-corrected chi connectivity index (χ2v) is 7.80. The molecule has 0 unspecified atom stereocenters. The van der Waals surface area contributed by atoms with Crippen LogP contribution in [0.1, 0.15) is 12.0 Å². The molecule has 2 aromatic rings. The first-order valence-electron chi connectivity index (χ1n) is 7.59. The predicted molar refractivity (Wildman–Crippen MR) is 94.6 cm³/mol. The molecule has 0 spiro atoms. The Morgan fingerprint density at radius 1 is 1.19 bits per heavy atom. The highest BCUT2D eigenvalue weighted by atomic mass is 35.5. The first kappa shape index (κ1) is 21.0. The highest BCUT2D eigenvalue weighted by Crippen LogP contribution is 2.34. The van der Waals surface area contributed by atoms with Crippen LogP contribution in [0.15, 0.2) is 47.4 Å². The van der Waals surface area contributed by atoms with Gasteiger partial charge in [-0.3, -0.25) is 4.79 Å². The molecule has 0 saturated heterocycles.